The first-order chi connectivity index (χ1) is 17.5. The Labute approximate surface area is 211 Å². The van der Waals surface area contributed by atoms with Crippen LogP contribution in [0.2, 0.25) is 0 Å². The second kappa shape index (κ2) is 12.2. The summed E-state index contributed by atoms with van der Waals surface area (Å²) >= 11 is 0. The highest BCUT2D eigenvalue weighted by Crippen LogP contribution is 2.27. The van der Waals surface area contributed by atoms with Crippen molar-refractivity contribution in [2.75, 3.05) is 6.61 Å². The predicted octanol–water partition coefficient (Wildman–Crippen LogP) is 7.93. The summed E-state index contributed by atoms with van der Waals surface area (Å²) < 4.78 is 19.5. The highest BCUT2D eigenvalue weighted by atomic mass is 19.1. The molecule has 6 heteroatoms. The summed E-state index contributed by atoms with van der Waals surface area (Å²) in [4.78, 5) is 20.7. The predicted molar refractivity (Wildman–Crippen MR) is 141 cm³/mol. The molecule has 5 nitrogen and oxygen atoms in total. The zero-order valence-electron chi connectivity index (χ0n) is 20.5. The highest BCUT2D eigenvalue weighted by molar-refractivity contribution is 6.03. The molecule has 1 N–H and O–H groups in total. The molecule has 0 amide bonds. The minimum Gasteiger partial charge on any atom is -0.494 e. The Bertz CT molecular complexity index is 1300. The number of halogens is 1. The van der Waals surface area contributed by atoms with E-state index in [-0.39, 0.29) is 10.9 Å². The molecule has 2 heterocycles. The molecule has 0 aliphatic heterocycles. The van der Waals surface area contributed by atoms with E-state index in [1.807, 2.05) is 36.4 Å². The number of ether oxygens (including phenoxy) is 1. The van der Waals surface area contributed by atoms with E-state index in [0.29, 0.717) is 16.9 Å². The number of carboxylic acid groups (broad SMARTS) is 1. The van der Waals surface area contributed by atoms with E-state index in [9.17, 15) is 14.3 Å². The summed E-state index contributed by atoms with van der Waals surface area (Å²) in [7, 11) is 0. The van der Waals surface area contributed by atoms with Gasteiger partial charge in [0.15, 0.2) is 0 Å². The van der Waals surface area contributed by atoms with Crippen LogP contribution >= 0.6 is 0 Å². The van der Waals surface area contributed by atoms with E-state index in [0.717, 1.165) is 29.9 Å². The number of carbonyl (C=O) groups is 1. The number of benzene rings is 2. The second-order valence-corrected chi connectivity index (χ2v) is 8.95. The zero-order valence-corrected chi connectivity index (χ0v) is 20.5. The molecule has 4 aromatic rings. The lowest BCUT2D eigenvalue weighted by Gasteiger charge is -2.09. The normalized spacial score (nSPS) is 11.1. The molecule has 0 radical (unpaired) electrons. The van der Waals surface area contributed by atoms with Crippen molar-refractivity contribution in [2.24, 2.45) is 0 Å². The van der Waals surface area contributed by atoms with Crippen molar-refractivity contribution in [1.29, 1.82) is 0 Å². The van der Waals surface area contributed by atoms with Crippen LogP contribution in [0.5, 0.6) is 5.75 Å². The number of aromatic nitrogens is 2. The Balaban J connectivity index is 1.39. The van der Waals surface area contributed by atoms with E-state index in [1.54, 1.807) is 6.20 Å². The van der Waals surface area contributed by atoms with Crippen LogP contribution in [-0.4, -0.2) is 27.7 Å². The molecule has 0 aliphatic rings. The summed E-state index contributed by atoms with van der Waals surface area (Å²) in [5.74, 6) is -0.788. The van der Waals surface area contributed by atoms with Crippen LogP contribution in [0.4, 0.5) is 4.39 Å². The van der Waals surface area contributed by atoms with Crippen molar-refractivity contribution in [1.82, 2.24) is 9.97 Å². The van der Waals surface area contributed by atoms with Crippen molar-refractivity contribution in [2.45, 2.75) is 51.9 Å². The summed E-state index contributed by atoms with van der Waals surface area (Å²) in [5.41, 5.74) is 3.30. The maximum absolute atomic E-state index is 13.6. The Kier molecular flexibility index (Phi) is 8.61. The van der Waals surface area contributed by atoms with Gasteiger partial charge in [0.25, 0.3) is 0 Å². The van der Waals surface area contributed by atoms with Gasteiger partial charge in [-0.1, -0.05) is 63.6 Å². The van der Waals surface area contributed by atoms with Gasteiger partial charge in [-0.2, -0.15) is 0 Å². The number of rotatable bonds is 12. The molecule has 2 aromatic carbocycles. The molecule has 0 saturated heterocycles. The van der Waals surface area contributed by atoms with E-state index in [1.165, 1.54) is 62.8 Å². The van der Waals surface area contributed by atoms with Gasteiger partial charge in [-0.25, -0.2) is 14.2 Å². The number of hydrogen-bond donors (Lipinski definition) is 1. The number of aromatic carboxylic acids is 1. The first-order valence-corrected chi connectivity index (χ1v) is 12.6. The summed E-state index contributed by atoms with van der Waals surface area (Å²) in [5, 5.41) is 9.86. The van der Waals surface area contributed by atoms with Crippen molar-refractivity contribution >= 4 is 16.9 Å². The van der Waals surface area contributed by atoms with E-state index in [4.69, 9.17) is 4.74 Å². The fraction of sp³-hybridized carbons (Fsp3) is 0.300. The van der Waals surface area contributed by atoms with Crippen LogP contribution in [-0.2, 0) is 0 Å². The molecule has 4 rings (SSSR count). The fourth-order valence-corrected chi connectivity index (χ4v) is 4.22. The van der Waals surface area contributed by atoms with Gasteiger partial charge in [-0.15, -0.1) is 0 Å². The van der Waals surface area contributed by atoms with Gasteiger partial charge >= 0.3 is 5.97 Å². The molecule has 0 fully saturated rings. The molecule has 0 saturated carbocycles. The van der Waals surface area contributed by atoms with Gasteiger partial charge in [-0.3, -0.25) is 4.98 Å². The van der Waals surface area contributed by atoms with Gasteiger partial charge in [0.05, 0.1) is 29.1 Å². The first kappa shape index (κ1) is 25.3. The Hall–Kier alpha value is -3.80. The molecule has 2 aromatic heterocycles. The molecule has 186 valence electrons. The standard InChI is InChI=1S/C30H31FN2O3/c1-2-3-4-5-6-7-8-17-36-24-13-9-21(10-14-24)22-11-15-28(32-20-22)29-19-26(30(34)35)25-18-23(31)12-16-27(25)33-29/h9-16,18-20H,2-8,17H2,1H3,(H,34,35). The van der Waals surface area contributed by atoms with Crippen LogP contribution in [0.15, 0.2) is 66.9 Å². The Morgan fingerprint density at radius 3 is 2.28 bits per heavy atom. The Morgan fingerprint density at radius 1 is 0.861 bits per heavy atom. The van der Waals surface area contributed by atoms with Gasteiger partial charge < -0.3 is 9.84 Å². The quantitative estimate of drug-likeness (QED) is 0.206. The molecule has 0 bridgehead atoms. The van der Waals surface area contributed by atoms with Crippen LogP contribution in [0.1, 0.15) is 62.2 Å². The fourth-order valence-electron chi connectivity index (χ4n) is 4.22. The topological polar surface area (TPSA) is 72.3 Å². The van der Waals surface area contributed by atoms with Crippen LogP contribution in [0, 0.1) is 5.82 Å². The number of unbranched alkanes of at least 4 members (excludes halogenated alkanes) is 6. The number of pyridine rings is 2. The largest absolute Gasteiger partial charge is 0.494 e. The molecular formula is C30H31FN2O3. The lowest BCUT2D eigenvalue weighted by Crippen LogP contribution is -2.01. The average Bonchev–Trinajstić information content (AvgIpc) is 2.90. The summed E-state index contributed by atoms with van der Waals surface area (Å²) in [6.07, 6.45) is 10.5. The molecular weight excluding hydrogens is 455 g/mol. The van der Waals surface area contributed by atoms with Gasteiger partial charge in [-0.05, 0) is 54.4 Å². The number of hydrogen-bond acceptors (Lipinski definition) is 4. The third-order valence-corrected chi connectivity index (χ3v) is 6.23. The van der Waals surface area contributed by atoms with Crippen molar-refractivity contribution < 1.29 is 19.0 Å². The van der Waals surface area contributed by atoms with Crippen LogP contribution in [0.25, 0.3) is 33.4 Å². The minimum absolute atomic E-state index is 0.00698. The van der Waals surface area contributed by atoms with Gasteiger partial charge in [0.1, 0.15) is 11.6 Å². The van der Waals surface area contributed by atoms with E-state index in [2.05, 4.69) is 16.9 Å². The average molecular weight is 487 g/mol. The molecule has 0 unspecified atom stereocenters. The van der Waals surface area contributed by atoms with Crippen molar-refractivity contribution in [3.63, 3.8) is 0 Å². The zero-order chi connectivity index (χ0) is 25.3. The second-order valence-electron chi connectivity index (χ2n) is 8.95. The number of nitrogens with zero attached hydrogens (tertiary/aromatic N) is 2. The van der Waals surface area contributed by atoms with Crippen molar-refractivity contribution in [3.8, 4) is 28.3 Å². The minimum atomic E-state index is -1.14. The Morgan fingerprint density at radius 2 is 1.58 bits per heavy atom. The maximum Gasteiger partial charge on any atom is 0.336 e. The number of carboxylic acids is 1. The lowest BCUT2D eigenvalue weighted by molar-refractivity contribution is 0.0699. The monoisotopic (exact) mass is 486 g/mol. The van der Waals surface area contributed by atoms with E-state index < -0.39 is 11.8 Å². The highest BCUT2D eigenvalue weighted by Gasteiger charge is 2.14. The third-order valence-electron chi connectivity index (χ3n) is 6.23. The number of fused-ring (bicyclic) bond motifs is 1. The first-order valence-electron chi connectivity index (χ1n) is 12.6. The van der Waals surface area contributed by atoms with Gasteiger partial charge in [0, 0.05) is 17.1 Å². The van der Waals surface area contributed by atoms with Crippen LogP contribution < -0.4 is 4.74 Å². The summed E-state index contributed by atoms with van der Waals surface area (Å²) in [6.45, 7) is 2.96. The van der Waals surface area contributed by atoms with Crippen LogP contribution in [0.3, 0.4) is 0 Å². The summed E-state index contributed by atoms with van der Waals surface area (Å²) in [6, 6.07) is 17.0. The smallest absolute Gasteiger partial charge is 0.336 e. The molecule has 0 aliphatic carbocycles. The molecule has 36 heavy (non-hydrogen) atoms. The SMILES string of the molecule is CCCCCCCCCOc1ccc(-c2ccc(-c3cc(C(=O)O)c4cc(F)ccc4n3)nc2)cc1. The van der Waals surface area contributed by atoms with Crippen molar-refractivity contribution in [3.05, 3.63) is 78.2 Å². The lowest BCUT2D eigenvalue weighted by atomic mass is 10.0. The third kappa shape index (κ3) is 6.45. The van der Waals surface area contributed by atoms with Gasteiger partial charge in [0.2, 0.25) is 0 Å². The maximum atomic E-state index is 13.6. The molecule has 0 spiro atoms. The molecule has 0 atom stereocenters. The van der Waals surface area contributed by atoms with E-state index >= 15 is 0 Å².